The fourth-order valence-electron chi connectivity index (χ4n) is 9.57. The molecular weight excluding hydrogens is 932 g/mol. The van der Waals surface area contributed by atoms with Crippen molar-refractivity contribution in [2.75, 3.05) is 18.1 Å². The zero-order valence-corrected chi connectivity index (χ0v) is 42.0. The third kappa shape index (κ3) is 12.2. The Kier molecular flexibility index (Phi) is 16.7. The van der Waals surface area contributed by atoms with E-state index in [0.29, 0.717) is 49.3 Å². The summed E-state index contributed by atoms with van der Waals surface area (Å²) in [5.41, 5.74) is 19.1. The van der Waals surface area contributed by atoms with Gasteiger partial charge >= 0.3 is 0 Å². The van der Waals surface area contributed by atoms with E-state index in [2.05, 4.69) is 20.9 Å². The van der Waals surface area contributed by atoms with E-state index in [9.17, 15) is 33.9 Å². The molecule has 3 aliphatic rings. The number of aromatic nitrogens is 1. The highest BCUT2D eigenvalue weighted by Crippen LogP contribution is 2.39. The third-order valence-corrected chi connectivity index (χ3v) is 14.9. The maximum absolute atomic E-state index is 14.2. The quantitative estimate of drug-likeness (QED) is 0.0670. The van der Waals surface area contributed by atoms with Gasteiger partial charge in [0.25, 0.3) is 0 Å². The molecule has 0 unspecified atom stereocenters. The highest BCUT2D eigenvalue weighted by molar-refractivity contribution is 7.13. The first-order chi connectivity index (χ1) is 33.3. The Balaban J connectivity index is 0.909. The second-order valence-corrected chi connectivity index (χ2v) is 21.1. The second-order valence-electron chi connectivity index (χ2n) is 19.8. The van der Waals surface area contributed by atoms with Crippen molar-refractivity contribution in [3.8, 4) is 16.2 Å². The van der Waals surface area contributed by atoms with Gasteiger partial charge in [0.15, 0.2) is 0 Å². The number of carbonyl (C=O) groups is 6. The van der Waals surface area contributed by atoms with Crippen LogP contribution in [0.5, 0.6) is 5.75 Å². The molecule has 0 bridgehead atoms. The Morgan fingerprint density at radius 3 is 2.37 bits per heavy atom. The molecule has 18 heteroatoms. The van der Waals surface area contributed by atoms with Crippen molar-refractivity contribution in [1.82, 2.24) is 25.8 Å². The molecule has 0 saturated carbocycles. The van der Waals surface area contributed by atoms with Crippen LogP contribution in [-0.4, -0.2) is 99.9 Å². The number of hydrogen-bond donors (Lipinski definition) is 6. The van der Waals surface area contributed by atoms with E-state index in [4.69, 9.17) is 27.8 Å². The molecule has 6 amide bonds. The molecule has 374 valence electrons. The number of thiazole rings is 1. The number of ether oxygens (including phenoxy) is 1. The van der Waals surface area contributed by atoms with Gasteiger partial charge < -0.3 is 42.2 Å². The van der Waals surface area contributed by atoms with E-state index in [0.717, 1.165) is 44.1 Å². The summed E-state index contributed by atoms with van der Waals surface area (Å²) in [6.45, 7) is 9.31. The predicted octanol–water partition coefficient (Wildman–Crippen LogP) is 5.22. The number of primary amides is 1. The van der Waals surface area contributed by atoms with Gasteiger partial charge in [-0.2, -0.15) is 0 Å². The molecule has 0 radical (unpaired) electrons. The van der Waals surface area contributed by atoms with E-state index < -0.39 is 59.4 Å². The van der Waals surface area contributed by atoms with Gasteiger partial charge in [-0.15, -0.1) is 11.3 Å². The number of benzene rings is 3. The number of hydrogen-bond acceptors (Lipinski definition) is 11. The summed E-state index contributed by atoms with van der Waals surface area (Å²) in [6.07, 6.45) is 2.51. The molecule has 0 spiro atoms. The fourth-order valence-corrected chi connectivity index (χ4v) is 10.7. The van der Waals surface area contributed by atoms with Crippen molar-refractivity contribution in [1.29, 1.82) is 0 Å². The predicted molar refractivity (Wildman–Crippen MR) is 269 cm³/mol. The van der Waals surface area contributed by atoms with Crippen LogP contribution in [-0.2, 0) is 48.0 Å². The lowest BCUT2D eigenvalue weighted by molar-refractivity contribution is -0.144. The third-order valence-electron chi connectivity index (χ3n) is 13.5. The van der Waals surface area contributed by atoms with Crippen LogP contribution in [0.4, 0.5) is 5.69 Å². The first kappa shape index (κ1) is 52.0. The lowest BCUT2D eigenvalue weighted by atomic mass is 9.85. The molecule has 16 nitrogen and oxygen atoms in total. The molecule has 7 atom stereocenters. The van der Waals surface area contributed by atoms with Crippen molar-refractivity contribution >= 4 is 64.1 Å². The van der Waals surface area contributed by atoms with E-state index in [1.807, 2.05) is 88.7 Å². The molecule has 1 aromatic heterocycles. The monoisotopic (exact) mass is 996 g/mol. The first-order valence-corrected chi connectivity index (χ1v) is 25.3. The number of likely N-dealkylation sites (tertiary alicyclic amines) is 1. The summed E-state index contributed by atoms with van der Waals surface area (Å²) in [5, 5.41) is 20.0. The number of unbranched alkanes of at least 4 members (excludes halogenated alkanes) is 1. The van der Waals surface area contributed by atoms with Crippen LogP contribution in [0.25, 0.3) is 10.4 Å². The van der Waals surface area contributed by atoms with Crippen molar-refractivity contribution < 1.29 is 38.6 Å². The summed E-state index contributed by atoms with van der Waals surface area (Å²) < 4.78 is 6.17. The maximum atomic E-state index is 14.2. The number of halogens is 1. The van der Waals surface area contributed by atoms with Gasteiger partial charge in [-0.05, 0) is 91.7 Å². The van der Waals surface area contributed by atoms with E-state index in [1.54, 1.807) is 23.5 Å². The van der Waals surface area contributed by atoms with Gasteiger partial charge in [-0.25, -0.2) is 4.98 Å². The number of nitrogens with zero attached hydrogens (tertiary/aromatic N) is 3. The van der Waals surface area contributed by atoms with Crippen LogP contribution in [0.15, 0.2) is 66.2 Å². The summed E-state index contributed by atoms with van der Waals surface area (Å²) in [7, 11) is 0. The van der Waals surface area contributed by atoms with Gasteiger partial charge in [0, 0.05) is 32.2 Å². The van der Waals surface area contributed by atoms with Crippen molar-refractivity contribution in [2.45, 2.75) is 141 Å². The standard InChI is InChI=1S/C52H65ClN8O8S/c1-29(31-16-18-34(19-17-31)46-30(2)56-28-70-46)57-48(65)39-25-37(62)26-60(39)51(68)47(52(3,4)5)59-43(64)15-7-6-10-32-11-9-14-41(44(32)53)69-27-36(21-23-42(55)63)58-49(66)40-24-35-13-8-12-33-20-22-38(54)50(67)61(40)45(33)35/h8-9,11-14,16-19,28-29,36-40,47,62H,6-7,10,15,20-27,54H2,1-5H3,(H2,55,63)(H,57,65)(H,58,66)(H,59,64)/t29-,36-,37+,38-,39-,40-,47+/m0/s1. The summed E-state index contributed by atoms with van der Waals surface area (Å²) in [6, 6.07) is 14.6. The van der Waals surface area contributed by atoms with Gasteiger partial charge in [0.05, 0.1) is 51.0 Å². The highest BCUT2D eigenvalue weighted by atomic mass is 35.5. The number of aliphatic hydroxyl groups is 1. The van der Waals surface area contributed by atoms with Gasteiger partial charge in [-0.3, -0.25) is 33.7 Å². The minimum absolute atomic E-state index is 0.00710. The average Bonchev–Trinajstić information content (AvgIpc) is 4.04. The van der Waals surface area contributed by atoms with Crippen LogP contribution >= 0.6 is 22.9 Å². The molecule has 8 N–H and O–H groups in total. The normalized spacial score (nSPS) is 20.0. The van der Waals surface area contributed by atoms with E-state index in [-0.39, 0.29) is 62.6 Å². The molecule has 7 rings (SSSR count). The number of nitrogens with two attached hydrogens (primary N) is 2. The minimum atomic E-state index is -0.960. The number of anilines is 1. The molecular formula is C52H65ClN8O8S. The number of rotatable bonds is 19. The van der Waals surface area contributed by atoms with Gasteiger partial charge in [0.2, 0.25) is 35.4 Å². The van der Waals surface area contributed by atoms with Crippen LogP contribution in [0.3, 0.4) is 0 Å². The SMILES string of the molecule is Cc1ncsc1-c1ccc([C@H](C)NC(=O)[C@@H]2C[C@@H](O)CN2C(=O)[C@@H](NC(=O)CCCCc2cccc(OC[C@H](CCC(N)=O)NC(=O)[C@@H]3Cc4cccc5c4N3C(=O)[C@@H](N)CC5)c2Cl)C(C)(C)C)cc1. The summed E-state index contributed by atoms with van der Waals surface area (Å²) in [4.78, 5) is 89.0. The average molecular weight is 998 g/mol. The molecule has 3 aromatic carbocycles. The summed E-state index contributed by atoms with van der Waals surface area (Å²) >= 11 is 8.43. The van der Waals surface area contributed by atoms with Crippen LogP contribution < -0.4 is 37.1 Å². The maximum Gasteiger partial charge on any atom is 0.246 e. The highest BCUT2D eigenvalue weighted by Gasteiger charge is 2.45. The van der Waals surface area contributed by atoms with Gasteiger partial charge in [-0.1, -0.05) is 87.0 Å². The Morgan fingerprint density at radius 1 is 0.957 bits per heavy atom. The lowest BCUT2D eigenvalue weighted by Crippen LogP contribution is -2.57. The summed E-state index contributed by atoms with van der Waals surface area (Å²) in [5.74, 6) is -1.99. The molecule has 70 heavy (non-hydrogen) atoms. The Labute approximate surface area is 418 Å². The zero-order valence-electron chi connectivity index (χ0n) is 40.5. The largest absolute Gasteiger partial charge is 0.490 e. The Hall–Kier alpha value is -5.88. The number of β-amino-alcohol motifs (C(OH)–C–C–N with tert-alkyl or cyclic N) is 1. The number of nitrogens with one attached hydrogen (secondary N) is 3. The number of para-hydroxylation sites is 1. The second kappa shape index (κ2) is 22.5. The molecule has 3 aliphatic heterocycles. The number of amides is 6. The molecule has 4 heterocycles. The molecule has 0 aliphatic carbocycles. The number of carbonyl (C=O) groups excluding carboxylic acids is 6. The lowest BCUT2D eigenvalue weighted by Gasteiger charge is -2.35. The first-order valence-electron chi connectivity index (χ1n) is 24.1. The fraction of sp³-hybridized carbons (Fsp3) is 0.481. The number of aryl methyl sites for hydroxylation is 3. The molecule has 1 saturated heterocycles. The Morgan fingerprint density at radius 2 is 1.67 bits per heavy atom. The minimum Gasteiger partial charge on any atom is -0.490 e. The Bertz CT molecular complexity index is 2580. The van der Waals surface area contributed by atoms with Crippen molar-refractivity contribution in [2.24, 2.45) is 16.9 Å². The van der Waals surface area contributed by atoms with Crippen LogP contribution in [0.2, 0.25) is 5.02 Å². The van der Waals surface area contributed by atoms with Crippen molar-refractivity contribution in [3.05, 3.63) is 99.1 Å². The van der Waals surface area contributed by atoms with E-state index in [1.165, 1.54) is 9.80 Å². The molecule has 1 fully saturated rings. The van der Waals surface area contributed by atoms with E-state index >= 15 is 0 Å². The smallest absolute Gasteiger partial charge is 0.246 e. The molecule has 4 aromatic rings. The van der Waals surface area contributed by atoms with Crippen molar-refractivity contribution in [3.63, 3.8) is 0 Å². The number of aliphatic hydroxyl groups excluding tert-OH is 1. The topological polar surface area (TPSA) is 239 Å². The van der Waals surface area contributed by atoms with Crippen LogP contribution in [0, 0.1) is 12.3 Å². The zero-order chi connectivity index (χ0) is 50.4. The van der Waals surface area contributed by atoms with Crippen LogP contribution in [0.1, 0.15) is 107 Å². The van der Waals surface area contributed by atoms with Gasteiger partial charge in [0.1, 0.15) is 30.5 Å².